The van der Waals surface area contributed by atoms with Crippen LogP contribution >= 0.6 is 0 Å². The molecule has 1 saturated carbocycles. The van der Waals surface area contributed by atoms with Crippen LogP contribution in [0.25, 0.3) is 22.5 Å². The average molecular weight is 567 g/mol. The summed E-state index contributed by atoms with van der Waals surface area (Å²) >= 11 is 0. The molecule has 42 heavy (non-hydrogen) atoms. The van der Waals surface area contributed by atoms with Crippen LogP contribution in [-0.2, 0) is 19.4 Å². The number of aromatic amines is 1. The maximum atomic E-state index is 13.9. The Morgan fingerprint density at radius 2 is 1.69 bits per heavy atom. The summed E-state index contributed by atoms with van der Waals surface area (Å²) in [6.45, 7) is 4.36. The number of benzene rings is 2. The van der Waals surface area contributed by atoms with Crippen LogP contribution in [0.2, 0.25) is 0 Å². The van der Waals surface area contributed by atoms with Crippen molar-refractivity contribution in [3.8, 4) is 22.5 Å². The molecule has 0 spiro atoms. The highest BCUT2D eigenvalue weighted by Gasteiger charge is 2.23. The molecule has 1 aliphatic carbocycles. The number of nitrogens with one attached hydrogen (secondary N) is 1. The number of nitrogens with zero attached hydrogens (tertiary/aromatic N) is 5. The predicted molar refractivity (Wildman–Crippen MR) is 157 cm³/mol. The van der Waals surface area contributed by atoms with E-state index in [1.54, 1.807) is 4.57 Å². The lowest BCUT2D eigenvalue weighted by Gasteiger charge is -2.17. The van der Waals surface area contributed by atoms with Gasteiger partial charge < -0.3 is 4.52 Å². The Morgan fingerprint density at radius 3 is 2.40 bits per heavy atom. The smallest absolute Gasteiger partial charge is 0.339 e. The molecule has 2 aromatic carbocycles. The van der Waals surface area contributed by atoms with E-state index in [1.807, 2.05) is 55.5 Å². The van der Waals surface area contributed by atoms with Gasteiger partial charge in [-0.3, -0.25) is 18.9 Å². The van der Waals surface area contributed by atoms with E-state index in [2.05, 4.69) is 27.2 Å². The number of hydrogen-bond acceptors (Lipinski definition) is 8. The quantitative estimate of drug-likeness (QED) is 0.244. The minimum Gasteiger partial charge on any atom is -0.339 e. The molecule has 5 aromatic rings. The molecule has 0 saturated heterocycles. The molecular formula is C32H34N6O4. The number of rotatable bonds is 9. The van der Waals surface area contributed by atoms with Gasteiger partial charge in [0.15, 0.2) is 11.6 Å². The zero-order valence-corrected chi connectivity index (χ0v) is 23.9. The molecule has 0 aliphatic heterocycles. The molecule has 0 atom stereocenters. The van der Waals surface area contributed by atoms with E-state index in [4.69, 9.17) is 14.0 Å². The van der Waals surface area contributed by atoms with Crippen LogP contribution in [0.1, 0.15) is 85.7 Å². The molecule has 0 bridgehead atoms. The Balaban J connectivity index is 1.27. The van der Waals surface area contributed by atoms with Gasteiger partial charge in [0.05, 0.1) is 13.0 Å². The van der Waals surface area contributed by atoms with Crippen molar-refractivity contribution < 1.29 is 9.05 Å². The first kappa shape index (κ1) is 27.6. The predicted octanol–water partition coefficient (Wildman–Crippen LogP) is 5.58. The van der Waals surface area contributed by atoms with Crippen molar-refractivity contribution in [2.75, 3.05) is 0 Å². The highest BCUT2D eigenvalue weighted by molar-refractivity contribution is 5.80. The molecule has 0 radical (unpaired) electrons. The third-order valence-electron chi connectivity index (χ3n) is 8.03. The first-order valence-electron chi connectivity index (χ1n) is 14.7. The van der Waals surface area contributed by atoms with Crippen molar-refractivity contribution in [3.63, 3.8) is 0 Å². The van der Waals surface area contributed by atoms with Gasteiger partial charge in [-0.15, -0.1) is 0 Å². The Labute approximate surface area is 242 Å². The summed E-state index contributed by atoms with van der Waals surface area (Å²) in [5, 5.41) is 8.10. The number of H-pyrrole nitrogens is 1. The second-order valence-corrected chi connectivity index (χ2v) is 11.0. The van der Waals surface area contributed by atoms with Crippen molar-refractivity contribution in [2.45, 2.75) is 77.7 Å². The molecule has 0 unspecified atom stereocenters. The maximum Gasteiger partial charge on any atom is 0.439 e. The summed E-state index contributed by atoms with van der Waals surface area (Å²) < 4.78 is 12.1. The van der Waals surface area contributed by atoms with Gasteiger partial charge in [-0.2, -0.15) is 4.98 Å². The Kier molecular flexibility index (Phi) is 7.94. The Morgan fingerprint density at radius 1 is 0.929 bits per heavy atom. The minimum atomic E-state index is -0.599. The first-order valence-corrected chi connectivity index (χ1v) is 14.7. The van der Waals surface area contributed by atoms with Gasteiger partial charge in [0.2, 0.25) is 5.89 Å². The van der Waals surface area contributed by atoms with Gasteiger partial charge in [-0.05, 0) is 42.9 Å². The van der Waals surface area contributed by atoms with Crippen molar-refractivity contribution in [1.29, 1.82) is 0 Å². The highest BCUT2D eigenvalue weighted by atomic mass is 16.5. The van der Waals surface area contributed by atoms with E-state index in [1.165, 1.54) is 19.3 Å². The molecule has 1 aliphatic rings. The van der Waals surface area contributed by atoms with Gasteiger partial charge in [0.1, 0.15) is 5.82 Å². The van der Waals surface area contributed by atoms with Gasteiger partial charge in [0.25, 0.3) is 5.56 Å². The lowest BCUT2D eigenvalue weighted by molar-refractivity contribution is 0.361. The molecule has 10 nitrogen and oxygen atoms in total. The van der Waals surface area contributed by atoms with E-state index in [-0.39, 0.29) is 12.0 Å². The lowest BCUT2D eigenvalue weighted by atomic mass is 9.89. The SMILES string of the molecule is CCCc1nc(C)c(Cc2nc(C3CCCCC3)no2)c(=O)n1Cc1ccc(-c2ccccc2-c2noc(=O)[nH]2)cc1. The highest BCUT2D eigenvalue weighted by Crippen LogP contribution is 2.31. The molecule has 216 valence electrons. The minimum absolute atomic E-state index is 0.0761. The standard InChI is InChI=1S/C32H34N6O4/c1-3-9-27-33-20(2)26(18-28-34-29(36-41-28)23-10-5-4-6-11-23)31(39)38(27)19-21-14-16-22(17-15-21)24-12-7-8-13-25(24)30-35-32(40)42-37-30/h7-8,12-17,23H,3-6,9-11,18-19H2,1-2H3,(H,35,37,40). The van der Waals surface area contributed by atoms with Gasteiger partial charge >= 0.3 is 5.76 Å². The first-order chi connectivity index (χ1) is 20.5. The van der Waals surface area contributed by atoms with Crippen LogP contribution in [0.4, 0.5) is 0 Å². The molecule has 1 fully saturated rings. The topological polar surface area (TPSA) is 133 Å². The molecule has 3 heterocycles. The number of aromatic nitrogens is 6. The largest absolute Gasteiger partial charge is 0.439 e. The van der Waals surface area contributed by atoms with Crippen molar-refractivity contribution in [1.82, 2.24) is 29.8 Å². The van der Waals surface area contributed by atoms with Crippen LogP contribution in [0.15, 0.2) is 67.2 Å². The molecule has 10 heteroatoms. The molecule has 3 aromatic heterocycles. The Bertz CT molecular complexity index is 1790. The van der Waals surface area contributed by atoms with Crippen molar-refractivity contribution in [3.05, 3.63) is 104 Å². The van der Waals surface area contributed by atoms with Gasteiger partial charge in [-0.25, -0.2) is 9.78 Å². The summed E-state index contributed by atoms with van der Waals surface area (Å²) in [5.74, 6) is 2.10. The molecular weight excluding hydrogens is 532 g/mol. The summed E-state index contributed by atoms with van der Waals surface area (Å²) in [4.78, 5) is 37.5. The Hall–Kier alpha value is -4.60. The zero-order valence-electron chi connectivity index (χ0n) is 23.9. The third-order valence-corrected chi connectivity index (χ3v) is 8.03. The number of hydrogen-bond donors (Lipinski definition) is 1. The van der Waals surface area contributed by atoms with Gasteiger partial charge in [-0.1, -0.05) is 85.0 Å². The fourth-order valence-electron chi connectivity index (χ4n) is 5.81. The summed E-state index contributed by atoms with van der Waals surface area (Å²) in [7, 11) is 0. The summed E-state index contributed by atoms with van der Waals surface area (Å²) in [5.41, 5.74) is 4.80. The number of aryl methyl sites for hydroxylation is 2. The molecule has 6 rings (SSSR count). The van der Waals surface area contributed by atoms with Crippen LogP contribution < -0.4 is 11.3 Å². The van der Waals surface area contributed by atoms with E-state index in [0.29, 0.717) is 41.9 Å². The fraction of sp³-hybridized carbons (Fsp3) is 0.375. The van der Waals surface area contributed by atoms with Crippen LogP contribution in [0, 0.1) is 6.92 Å². The second-order valence-electron chi connectivity index (χ2n) is 11.0. The molecule has 0 amide bonds. The second kappa shape index (κ2) is 12.1. The maximum absolute atomic E-state index is 13.9. The summed E-state index contributed by atoms with van der Waals surface area (Å²) in [6.07, 6.45) is 7.66. The third kappa shape index (κ3) is 5.74. The van der Waals surface area contributed by atoms with Crippen LogP contribution in [-0.4, -0.2) is 29.8 Å². The monoisotopic (exact) mass is 566 g/mol. The zero-order chi connectivity index (χ0) is 29.1. The van der Waals surface area contributed by atoms with Crippen molar-refractivity contribution in [2.24, 2.45) is 0 Å². The molecule has 1 N–H and O–H groups in total. The average Bonchev–Trinajstić information content (AvgIpc) is 3.67. The fourth-order valence-corrected chi connectivity index (χ4v) is 5.81. The van der Waals surface area contributed by atoms with E-state index >= 15 is 0 Å². The van der Waals surface area contributed by atoms with Crippen LogP contribution in [0.5, 0.6) is 0 Å². The van der Waals surface area contributed by atoms with Gasteiger partial charge in [0, 0.05) is 29.2 Å². The van der Waals surface area contributed by atoms with E-state index in [0.717, 1.165) is 53.2 Å². The van der Waals surface area contributed by atoms with Crippen LogP contribution in [0.3, 0.4) is 0 Å². The van der Waals surface area contributed by atoms with Crippen molar-refractivity contribution >= 4 is 0 Å². The van der Waals surface area contributed by atoms with E-state index in [9.17, 15) is 9.59 Å². The summed E-state index contributed by atoms with van der Waals surface area (Å²) in [6, 6.07) is 15.7. The lowest BCUT2D eigenvalue weighted by Crippen LogP contribution is -2.30. The normalized spacial score (nSPS) is 14.0. The van der Waals surface area contributed by atoms with E-state index < -0.39 is 5.76 Å².